The maximum absolute atomic E-state index is 13.0. The molecule has 1 aliphatic heterocycles. The lowest BCUT2D eigenvalue weighted by atomic mass is 10.1. The third kappa shape index (κ3) is 4.34. The molecule has 1 saturated heterocycles. The second-order valence-corrected chi connectivity index (χ2v) is 7.96. The summed E-state index contributed by atoms with van der Waals surface area (Å²) < 4.78 is 42.1. The number of fused-ring (bicyclic) bond motifs is 1. The number of alkyl halides is 3. The first kappa shape index (κ1) is 21.2. The predicted octanol–water partition coefficient (Wildman–Crippen LogP) is 3.38. The van der Waals surface area contributed by atoms with E-state index < -0.39 is 11.7 Å². The summed E-state index contributed by atoms with van der Waals surface area (Å²) in [4.78, 5) is 16.9. The van der Waals surface area contributed by atoms with Gasteiger partial charge in [-0.15, -0.1) is 0 Å². The molecule has 0 radical (unpaired) electrons. The lowest BCUT2D eigenvalue weighted by molar-refractivity contribution is -0.137. The fourth-order valence-electron chi connectivity index (χ4n) is 3.98. The Morgan fingerprint density at radius 2 is 1.64 bits per heavy atom. The van der Waals surface area contributed by atoms with Gasteiger partial charge in [-0.25, -0.2) is 9.36 Å². The zero-order valence-corrected chi connectivity index (χ0v) is 17.6. The molecule has 33 heavy (non-hydrogen) atoms. The number of nitrogens with zero attached hydrogens (tertiary/aromatic N) is 6. The molecule has 7 nitrogen and oxygen atoms in total. The predicted molar refractivity (Wildman–Crippen MR) is 118 cm³/mol. The molecule has 2 aromatic carbocycles. The molecule has 3 heterocycles. The molecule has 0 saturated carbocycles. The van der Waals surface area contributed by atoms with E-state index in [1.54, 1.807) is 23.1 Å². The van der Waals surface area contributed by atoms with Crippen molar-refractivity contribution in [3.05, 3.63) is 82.9 Å². The van der Waals surface area contributed by atoms with E-state index in [1.165, 1.54) is 16.8 Å². The number of aromatic nitrogens is 4. The van der Waals surface area contributed by atoms with Crippen molar-refractivity contribution in [1.82, 2.24) is 24.5 Å². The van der Waals surface area contributed by atoms with Gasteiger partial charge in [0.2, 0.25) is 0 Å². The van der Waals surface area contributed by atoms with E-state index in [0.29, 0.717) is 49.4 Å². The van der Waals surface area contributed by atoms with E-state index in [4.69, 9.17) is 0 Å². The maximum Gasteiger partial charge on any atom is 0.416 e. The molecule has 0 aliphatic carbocycles. The van der Waals surface area contributed by atoms with Gasteiger partial charge in [-0.1, -0.05) is 24.3 Å². The van der Waals surface area contributed by atoms with Gasteiger partial charge in [-0.3, -0.25) is 9.69 Å². The Bertz CT molecular complexity index is 1320. The second kappa shape index (κ2) is 8.36. The highest BCUT2D eigenvalue weighted by Gasteiger charge is 2.31. The van der Waals surface area contributed by atoms with Crippen LogP contribution in [0.4, 0.5) is 18.9 Å². The molecule has 0 spiro atoms. The molecular weight excluding hydrogens is 433 g/mol. The first-order valence-electron chi connectivity index (χ1n) is 10.5. The van der Waals surface area contributed by atoms with Gasteiger partial charge in [0.05, 0.1) is 24.1 Å². The number of rotatable bonds is 4. The van der Waals surface area contributed by atoms with E-state index in [0.717, 1.165) is 11.8 Å². The van der Waals surface area contributed by atoms with Crippen molar-refractivity contribution in [3.8, 4) is 5.69 Å². The molecule has 1 fully saturated rings. The minimum absolute atomic E-state index is 0.275. The van der Waals surface area contributed by atoms with Gasteiger partial charge in [-0.2, -0.15) is 23.4 Å². The van der Waals surface area contributed by atoms with E-state index >= 15 is 0 Å². The van der Waals surface area contributed by atoms with Gasteiger partial charge in [-0.05, 0) is 30.3 Å². The Labute approximate surface area is 187 Å². The second-order valence-electron chi connectivity index (χ2n) is 7.96. The quantitative estimate of drug-likeness (QED) is 0.473. The fourth-order valence-corrected chi connectivity index (χ4v) is 3.98. The summed E-state index contributed by atoms with van der Waals surface area (Å²) in [6.07, 6.45) is -0.962. The summed E-state index contributed by atoms with van der Waals surface area (Å²) >= 11 is 0. The highest BCUT2D eigenvalue weighted by Crippen LogP contribution is 2.31. The Balaban J connectivity index is 1.29. The van der Waals surface area contributed by atoms with Gasteiger partial charge < -0.3 is 4.90 Å². The molecule has 170 valence electrons. The zero-order valence-electron chi connectivity index (χ0n) is 17.6. The fraction of sp³-hybridized carbons (Fsp3) is 0.261. The van der Waals surface area contributed by atoms with Crippen molar-refractivity contribution in [3.63, 3.8) is 0 Å². The van der Waals surface area contributed by atoms with E-state index in [1.807, 2.05) is 35.2 Å². The first-order chi connectivity index (χ1) is 15.9. The third-order valence-electron chi connectivity index (χ3n) is 5.78. The van der Waals surface area contributed by atoms with Crippen LogP contribution in [-0.2, 0) is 12.8 Å². The number of para-hydroxylation sites is 1. The Hall–Kier alpha value is -3.66. The van der Waals surface area contributed by atoms with Crippen molar-refractivity contribution in [2.24, 2.45) is 0 Å². The monoisotopic (exact) mass is 454 g/mol. The molecule has 0 bridgehead atoms. The number of hydrogen-bond donors (Lipinski definition) is 0. The Morgan fingerprint density at radius 3 is 2.36 bits per heavy atom. The van der Waals surface area contributed by atoms with Crippen LogP contribution >= 0.6 is 0 Å². The van der Waals surface area contributed by atoms with E-state index in [2.05, 4.69) is 15.1 Å². The van der Waals surface area contributed by atoms with Gasteiger partial charge >= 0.3 is 6.18 Å². The van der Waals surface area contributed by atoms with Crippen molar-refractivity contribution < 1.29 is 13.2 Å². The van der Waals surface area contributed by atoms with Crippen LogP contribution in [-0.4, -0.2) is 50.6 Å². The molecule has 2 aromatic heterocycles. The summed E-state index contributed by atoms with van der Waals surface area (Å²) in [7, 11) is 0. The Kier molecular flexibility index (Phi) is 5.37. The summed E-state index contributed by atoms with van der Waals surface area (Å²) in [6.45, 7) is 2.60. The Morgan fingerprint density at radius 1 is 0.909 bits per heavy atom. The number of anilines is 1. The van der Waals surface area contributed by atoms with Gasteiger partial charge in [0.1, 0.15) is 0 Å². The maximum atomic E-state index is 13.0. The van der Waals surface area contributed by atoms with Gasteiger partial charge in [0, 0.05) is 43.4 Å². The van der Waals surface area contributed by atoms with E-state index in [9.17, 15) is 18.0 Å². The minimum atomic E-state index is -4.36. The number of piperazine rings is 1. The van der Waals surface area contributed by atoms with E-state index in [-0.39, 0.29) is 5.56 Å². The molecule has 4 aromatic rings. The molecule has 5 rings (SSSR count). The standard InChI is InChI=1S/C23H21F3N6O/c24-23(25,26)18-5-4-8-20(13-18)30-11-9-29(10-12-30)16-32-22(33)21-17(14-27-32)15-31(28-21)19-6-2-1-3-7-19/h1-8,13-15H,9-12,16H2. The summed E-state index contributed by atoms with van der Waals surface area (Å²) in [5.74, 6) is 0. The van der Waals surface area contributed by atoms with Crippen LogP contribution in [0.1, 0.15) is 5.56 Å². The molecular formula is C23H21F3N6O. The molecule has 0 N–H and O–H groups in total. The summed E-state index contributed by atoms with van der Waals surface area (Å²) in [5, 5.41) is 9.40. The number of benzene rings is 2. The van der Waals surface area contributed by atoms with Gasteiger partial charge in [0.15, 0.2) is 5.52 Å². The first-order valence-corrected chi connectivity index (χ1v) is 10.5. The molecule has 0 unspecified atom stereocenters. The van der Waals surface area contributed by atoms with Crippen molar-refractivity contribution in [2.45, 2.75) is 12.8 Å². The lowest BCUT2D eigenvalue weighted by Gasteiger charge is -2.36. The smallest absolute Gasteiger partial charge is 0.369 e. The van der Waals surface area contributed by atoms with Crippen LogP contribution in [0.25, 0.3) is 16.6 Å². The summed E-state index contributed by atoms with van der Waals surface area (Å²) in [6, 6.07) is 14.9. The van der Waals surface area contributed by atoms with Crippen LogP contribution in [0.3, 0.4) is 0 Å². The average molecular weight is 454 g/mol. The zero-order chi connectivity index (χ0) is 23.0. The number of halogens is 3. The molecule has 0 atom stereocenters. The van der Waals surface area contributed by atoms with Crippen molar-refractivity contribution >= 4 is 16.6 Å². The van der Waals surface area contributed by atoms with Crippen LogP contribution in [0.2, 0.25) is 0 Å². The highest BCUT2D eigenvalue weighted by molar-refractivity contribution is 5.76. The minimum Gasteiger partial charge on any atom is -0.369 e. The van der Waals surface area contributed by atoms with Gasteiger partial charge in [0.25, 0.3) is 5.56 Å². The number of hydrogen-bond acceptors (Lipinski definition) is 5. The SMILES string of the molecule is O=c1c2nn(-c3ccccc3)cc2cnn1CN1CCN(c2cccc(C(F)(F)F)c2)CC1. The van der Waals surface area contributed by atoms with Crippen molar-refractivity contribution in [2.75, 3.05) is 31.1 Å². The lowest BCUT2D eigenvalue weighted by Crippen LogP contribution is -2.48. The normalized spacial score (nSPS) is 15.3. The van der Waals surface area contributed by atoms with Crippen LogP contribution in [0.15, 0.2) is 71.8 Å². The van der Waals surface area contributed by atoms with Crippen molar-refractivity contribution in [1.29, 1.82) is 0 Å². The molecule has 1 aliphatic rings. The topological polar surface area (TPSA) is 59.2 Å². The average Bonchev–Trinajstić information content (AvgIpc) is 3.27. The van der Waals surface area contributed by atoms with Crippen LogP contribution in [0, 0.1) is 0 Å². The van der Waals surface area contributed by atoms with Crippen LogP contribution < -0.4 is 10.5 Å². The van der Waals surface area contributed by atoms with Crippen LogP contribution in [0.5, 0.6) is 0 Å². The highest BCUT2D eigenvalue weighted by atomic mass is 19.4. The molecule has 10 heteroatoms. The third-order valence-corrected chi connectivity index (χ3v) is 5.78. The molecule has 0 amide bonds. The largest absolute Gasteiger partial charge is 0.416 e. The summed E-state index contributed by atoms with van der Waals surface area (Å²) in [5.41, 5.74) is 0.818.